The molecular weight excluding hydrogens is 274 g/mol. The highest BCUT2D eigenvalue weighted by Gasteiger charge is 2.25. The summed E-state index contributed by atoms with van der Waals surface area (Å²) >= 11 is 1.63. The van der Waals surface area contributed by atoms with Crippen LogP contribution in [0.1, 0.15) is 18.4 Å². The van der Waals surface area contributed by atoms with Gasteiger partial charge in [0.25, 0.3) is 0 Å². The van der Waals surface area contributed by atoms with E-state index in [1.807, 2.05) is 36.6 Å². The first-order valence-electron chi connectivity index (χ1n) is 6.69. The minimum absolute atomic E-state index is 0.175. The van der Waals surface area contributed by atoms with E-state index in [1.165, 1.54) is 0 Å². The van der Waals surface area contributed by atoms with Gasteiger partial charge in [-0.05, 0) is 11.8 Å². The SMILES string of the molecule is CSC1CC(=O)CCN(C(=O)OCc2ccccc2)C1. The van der Waals surface area contributed by atoms with Crippen molar-refractivity contribution in [1.29, 1.82) is 0 Å². The third-order valence-corrected chi connectivity index (χ3v) is 4.32. The molecule has 108 valence electrons. The molecule has 1 saturated heterocycles. The van der Waals surface area contributed by atoms with Gasteiger partial charge in [-0.2, -0.15) is 11.8 Å². The number of Topliss-reactive ketones (excluding diaryl/α,β-unsaturated/α-hetero) is 1. The lowest BCUT2D eigenvalue weighted by molar-refractivity contribution is -0.118. The van der Waals surface area contributed by atoms with Crippen molar-refractivity contribution < 1.29 is 14.3 Å². The molecule has 1 heterocycles. The molecule has 0 aliphatic carbocycles. The van der Waals surface area contributed by atoms with Crippen LogP contribution in [0.4, 0.5) is 4.79 Å². The fourth-order valence-corrected chi connectivity index (χ4v) is 2.83. The van der Waals surface area contributed by atoms with Gasteiger partial charge in [0, 0.05) is 31.2 Å². The number of ether oxygens (including phenoxy) is 1. The highest BCUT2D eigenvalue weighted by molar-refractivity contribution is 7.99. The summed E-state index contributed by atoms with van der Waals surface area (Å²) < 4.78 is 5.32. The first-order chi connectivity index (χ1) is 9.69. The predicted octanol–water partition coefficient (Wildman–Crippen LogP) is 2.72. The molecule has 0 aromatic heterocycles. The van der Waals surface area contributed by atoms with Gasteiger partial charge >= 0.3 is 6.09 Å². The number of hydrogen-bond acceptors (Lipinski definition) is 4. The number of rotatable bonds is 3. The first-order valence-corrected chi connectivity index (χ1v) is 7.98. The summed E-state index contributed by atoms with van der Waals surface area (Å²) in [4.78, 5) is 25.3. The van der Waals surface area contributed by atoms with Crippen LogP contribution in [0, 0.1) is 0 Å². The van der Waals surface area contributed by atoms with Gasteiger partial charge in [-0.1, -0.05) is 30.3 Å². The number of hydrogen-bond donors (Lipinski definition) is 0. The topological polar surface area (TPSA) is 46.6 Å². The summed E-state index contributed by atoms with van der Waals surface area (Å²) in [5.74, 6) is 0.225. The number of amides is 1. The second-order valence-electron chi connectivity index (χ2n) is 4.84. The summed E-state index contributed by atoms with van der Waals surface area (Å²) in [6.45, 7) is 1.32. The second kappa shape index (κ2) is 7.33. The standard InChI is InChI=1S/C15H19NO3S/c1-20-14-9-13(17)7-8-16(10-14)15(18)19-11-12-5-3-2-4-6-12/h2-6,14H,7-11H2,1H3. The summed E-state index contributed by atoms with van der Waals surface area (Å²) in [7, 11) is 0. The zero-order chi connectivity index (χ0) is 14.4. The van der Waals surface area contributed by atoms with Crippen LogP contribution in [-0.2, 0) is 16.1 Å². The molecular formula is C15H19NO3S. The zero-order valence-electron chi connectivity index (χ0n) is 11.6. The average Bonchev–Trinajstić information content (AvgIpc) is 2.67. The molecule has 1 aliphatic heterocycles. The molecule has 1 aromatic rings. The van der Waals surface area contributed by atoms with Gasteiger partial charge in [0.1, 0.15) is 12.4 Å². The molecule has 1 aromatic carbocycles. The van der Waals surface area contributed by atoms with Gasteiger partial charge in [-0.25, -0.2) is 4.79 Å². The maximum atomic E-state index is 12.1. The number of benzene rings is 1. The molecule has 2 rings (SSSR count). The molecule has 1 unspecified atom stereocenters. The van der Waals surface area contributed by atoms with Gasteiger partial charge in [-0.15, -0.1) is 0 Å². The molecule has 0 saturated carbocycles. The number of ketones is 1. The smallest absolute Gasteiger partial charge is 0.410 e. The molecule has 0 radical (unpaired) electrons. The van der Waals surface area contributed by atoms with Crippen LogP contribution in [0.3, 0.4) is 0 Å². The number of carbonyl (C=O) groups excluding carboxylic acids is 2. The predicted molar refractivity (Wildman–Crippen MR) is 79.7 cm³/mol. The fourth-order valence-electron chi connectivity index (χ4n) is 2.15. The van der Waals surface area contributed by atoms with Crippen LogP contribution >= 0.6 is 11.8 Å². The van der Waals surface area contributed by atoms with Gasteiger partial charge in [0.2, 0.25) is 0 Å². The van der Waals surface area contributed by atoms with Crippen molar-refractivity contribution in [2.24, 2.45) is 0 Å². The second-order valence-corrected chi connectivity index (χ2v) is 5.97. The lowest BCUT2D eigenvalue weighted by Crippen LogP contribution is -2.35. The van der Waals surface area contributed by atoms with Crippen molar-refractivity contribution in [2.45, 2.75) is 24.7 Å². The van der Waals surface area contributed by atoms with Crippen LogP contribution in [-0.4, -0.2) is 41.4 Å². The number of carbonyl (C=O) groups is 2. The maximum Gasteiger partial charge on any atom is 0.410 e. The van der Waals surface area contributed by atoms with Gasteiger partial charge < -0.3 is 9.64 Å². The molecule has 1 atom stereocenters. The number of nitrogens with zero attached hydrogens (tertiary/aromatic N) is 1. The number of thioether (sulfide) groups is 1. The van der Waals surface area contributed by atoms with Crippen molar-refractivity contribution in [1.82, 2.24) is 4.90 Å². The summed E-state index contributed by atoms with van der Waals surface area (Å²) in [5.41, 5.74) is 0.966. The van der Waals surface area contributed by atoms with Gasteiger partial charge in [0.15, 0.2) is 0 Å². The van der Waals surface area contributed by atoms with E-state index in [2.05, 4.69) is 0 Å². The van der Waals surface area contributed by atoms with E-state index in [0.717, 1.165) is 5.56 Å². The molecule has 4 nitrogen and oxygen atoms in total. The van der Waals surface area contributed by atoms with Crippen LogP contribution in [0.25, 0.3) is 0 Å². The van der Waals surface area contributed by atoms with Crippen LogP contribution in [0.2, 0.25) is 0 Å². The van der Waals surface area contributed by atoms with E-state index in [4.69, 9.17) is 4.74 Å². The molecule has 0 N–H and O–H groups in total. The van der Waals surface area contributed by atoms with Crippen molar-refractivity contribution >= 4 is 23.6 Å². The van der Waals surface area contributed by atoms with E-state index in [1.54, 1.807) is 16.7 Å². The van der Waals surface area contributed by atoms with Crippen molar-refractivity contribution in [3.8, 4) is 0 Å². The summed E-state index contributed by atoms with van der Waals surface area (Å²) in [5, 5.41) is 0.175. The first kappa shape index (κ1) is 14.9. The Balaban J connectivity index is 1.89. The Kier molecular flexibility index (Phi) is 5.47. The fraction of sp³-hybridized carbons (Fsp3) is 0.467. The van der Waals surface area contributed by atoms with Crippen molar-refractivity contribution in [3.05, 3.63) is 35.9 Å². The molecule has 1 aliphatic rings. The highest BCUT2D eigenvalue weighted by atomic mass is 32.2. The molecule has 5 heteroatoms. The molecule has 20 heavy (non-hydrogen) atoms. The van der Waals surface area contributed by atoms with Gasteiger partial charge in [-0.3, -0.25) is 4.79 Å². The Hall–Kier alpha value is -1.49. The third-order valence-electron chi connectivity index (χ3n) is 3.34. The van der Waals surface area contributed by atoms with Crippen LogP contribution < -0.4 is 0 Å². The van der Waals surface area contributed by atoms with Crippen LogP contribution in [0.5, 0.6) is 0 Å². The Labute approximate surface area is 123 Å². The van der Waals surface area contributed by atoms with Crippen molar-refractivity contribution in [2.75, 3.05) is 19.3 Å². The minimum Gasteiger partial charge on any atom is -0.445 e. The van der Waals surface area contributed by atoms with Crippen LogP contribution in [0.15, 0.2) is 30.3 Å². The Bertz CT molecular complexity index is 463. The summed E-state index contributed by atoms with van der Waals surface area (Å²) in [6.07, 6.45) is 2.61. The molecule has 1 fully saturated rings. The molecule has 0 bridgehead atoms. The lowest BCUT2D eigenvalue weighted by Gasteiger charge is -2.22. The number of likely N-dealkylation sites (tertiary alicyclic amines) is 1. The largest absolute Gasteiger partial charge is 0.445 e. The average molecular weight is 293 g/mol. The highest BCUT2D eigenvalue weighted by Crippen LogP contribution is 2.19. The lowest BCUT2D eigenvalue weighted by atomic mass is 10.2. The molecule has 0 spiro atoms. The molecule has 1 amide bonds. The zero-order valence-corrected chi connectivity index (χ0v) is 12.4. The Morgan fingerprint density at radius 2 is 2.15 bits per heavy atom. The summed E-state index contributed by atoms with van der Waals surface area (Å²) in [6, 6.07) is 9.59. The van der Waals surface area contributed by atoms with E-state index in [0.29, 0.717) is 25.9 Å². The van der Waals surface area contributed by atoms with Crippen molar-refractivity contribution in [3.63, 3.8) is 0 Å². The van der Waals surface area contributed by atoms with Gasteiger partial charge in [0.05, 0.1) is 0 Å². The van der Waals surface area contributed by atoms with E-state index in [-0.39, 0.29) is 23.7 Å². The van der Waals surface area contributed by atoms with E-state index < -0.39 is 0 Å². The Morgan fingerprint density at radius 3 is 2.85 bits per heavy atom. The maximum absolute atomic E-state index is 12.1. The Morgan fingerprint density at radius 1 is 1.40 bits per heavy atom. The quantitative estimate of drug-likeness (QED) is 0.859. The normalized spacial score (nSPS) is 19.6. The third kappa shape index (κ3) is 4.27. The minimum atomic E-state index is -0.331. The van der Waals surface area contributed by atoms with E-state index >= 15 is 0 Å². The van der Waals surface area contributed by atoms with E-state index in [9.17, 15) is 9.59 Å². The monoisotopic (exact) mass is 293 g/mol.